The van der Waals surface area contributed by atoms with E-state index in [0.29, 0.717) is 33.1 Å². The van der Waals surface area contributed by atoms with Crippen molar-refractivity contribution in [2.45, 2.75) is 13.8 Å². The van der Waals surface area contributed by atoms with Crippen molar-refractivity contribution in [2.75, 3.05) is 11.9 Å². The first-order chi connectivity index (χ1) is 14.3. The first-order valence-electron chi connectivity index (χ1n) is 9.37. The molecule has 0 saturated heterocycles. The van der Waals surface area contributed by atoms with Crippen LogP contribution in [-0.4, -0.2) is 24.1 Å². The number of carbonyl (C=O) groups excluding carboxylic acids is 3. The number of benzene rings is 3. The van der Waals surface area contributed by atoms with Gasteiger partial charge in [0.25, 0.3) is 5.91 Å². The van der Waals surface area contributed by atoms with Crippen LogP contribution in [0.15, 0.2) is 54.6 Å². The van der Waals surface area contributed by atoms with Crippen molar-refractivity contribution >= 4 is 34.8 Å². The molecular weight excluding hydrogens is 402 g/mol. The van der Waals surface area contributed by atoms with Crippen molar-refractivity contribution in [3.63, 3.8) is 0 Å². The fourth-order valence-corrected chi connectivity index (χ4v) is 3.62. The minimum atomic E-state index is -0.379. The van der Waals surface area contributed by atoms with Gasteiger partial charge in [-0.05, 0) is 55.3 Å². The van der Waals surface area contributed by atoms with Crippen LogP contribution in [0.3, 0.4) is 0 Å². The minimum Gasteiger partial charge on any atom is -0.484 e. The van der Waals surface area contributed by atoms with Gasteiger partial charge in [0.1, 0.15) is 5.75 Å². The highest BCUT2D eigenvalue weighted by atomic mass is 35.5. The first-order valence-corrected chi connectivity index (χ1v) is 9.75. The number of hydrogen-bond donors (Lipinski definition) is 1. The lowest BCUT2D eigenvalue weighted by Crippen LogP contribution is -2.23. The summed E-state index contributed by atoms with van der Waals surface area (Å²) >= 11 is 6.14. The van der Waals surface area contributed by atoms with E-state index in [9.17, 15) is 14.4 Å². The molecule has 0 unspecified atom stereocenters. The molecular formula is C24H18ClNO4. The molecule has 6 heteroatoms. The second-order valence-electron chi connectivity index (χ2n) is 7.17. The van der Waals surface area contributed by atoms with Gasteiger partial charge < -0.3 is 10.1 Å². The molecule has 1 amide bonds. The van der Waals surface area contributed by atoms with Crippen molar-refractivity contribution in [2.24, 2.45) is 0 Å². The van der Waals surface area contributed by atoms with Crippen LogP contribution in [0, 0.1) is 13.8 Å². The zero-order valence-corrected chi connectivity index (χ0v) is 17.2. The number of carbonyl (C=O) groups is 3. The average molecular weight is 420 g/mol. The molecule has 30 heavy (non-hydrogen) atoms. The molecule has 0 aromatic heterocycles. The second-order valence-corrected chi connectivity index (χ2v) is 7.55. The molecule has 0 aliphatic heterocycles. The number of hydrogen-bond acceptors (Lipinski definition) is 4. The van der Waals surface area contributed by atoms with Crippen molar-refractivity contribution < 1.29 is 19.1 Å². The Morgan fingerprint density at radius 1 is 0.867 bits per heavy atom. The fourth-order valence-electron chi connectivity index (χ4n) is 3.51. The number of ether oxygens (including phenoxy) is 1. The summed E-state index contributed by atoms with van der Waals surface area (Å²) in [4.78, 5) is 37.8. The van der Waals surface area contributed by atoms with Gasteiger partial charge in [0.15, 0.2) is 18.2 Å². The molecule has 0 fully saturated rings. The number of amides is 1. The van der Waals surface area contributed by atoms with Crippen LogP contribution in [0.25, 0.3) is 0 Å². The van der Waals surface area contributed by atoms with Crippen molar-refractivity contribution in [3.8, 4) is 5.75 Å². The van der Waals surface area contributed by atoms with Crippen LogP contribution in [0.1, 0.15) is 43.0 Å². The van der Waals surface area contributed by atoms with Gasteiger partial charge in [-0.25, -0.2) is 0 Å². The first kappa shape index (κ1) is 19.9. The Balaban J connectivity index is 1.49. The smallest absolute Gasteiger partial charge is 0.262 e. The van der Waals surface area contributed by atoms with Gasteiger partial charge in [-0.1, -0.05) is 35.9 Å². The number of anilines is 1. The van der Waals surface area contributed by atoms with Crippen molar-refractivity contribution in [1.82, 2.24) is 0 Å². The maximum atomic E-state index is 12.8. The van der Waals surface area contributed by atoms with E-state index >= 15 is 0 Å². The zero-order chi connectivity index (χ0) is 21.4. The minimum absolute atomic E-state index is 0.199. The highest BCUT2D eigenvalue weighted by molar-refractivity contribution is 6.32. The van der Waals surface area contributed by atoms with Gasteiger partial charge in [-0.15, -0.1) is 0 Å². The maximum Gasteiger partial charge on any atom is 0.262 e. The standard InChI is InChI=1S/C24H18ClNO4/c1-13-9-16(10-14(2)22(13)25)30-12-21(27)26-15-7-8-19-20(11-15)24(29)18-6-4-3-5-17(18)23(19)28/h3-11H,12H2,1-2H3,(H,26,27). The predicted molar refractivity (Wildman–Crippen MR) is 115 cm³/mol. The van der Waals surface area contributed by atoms with Gasteiger partial charge in [0.05, 0.1) is 0 Å². The third-order valence-corrected chi connectivity index (χ3v) is 5.58. The number of halogens is 1. The lowest BCUT2D eigenvalue weighted by molar-refractivity contribution is -0.118. The molecule has 3 aromatic carbocycles. The van der Waals surface area contributed by atoms with Gasteiger partial charge in [-0.3, -0.25) is 14.4 Å². The van der Waals surface area contributed by atoms with Crippen molar-refractivity contribution in [3.05, 3.63) is 93.0 Å². The molecule has 4 rings (SSSR count). The molecule has 0 atom stereocenters. The molecule has 0 bridgehead atoms. The molecule has 150 valence electrons. The van der Waals surface area contributed by atoms with E-state index in [0.717, 1.165) is 11.1 Å². The van der Waals surface area contributed by atoms with E-state index < -0.39 is 0 Å². The third kappa shape index (κ3) is 3.60. The molecule has 0 heterocycles. The topological polar surface area (TPSA) is 72.5 Å². The van der Waals surface area contributed by atoms with E-state index in [2.05, 4.69) is 5.32 Å². The molecule has 3 aromatic rings. The number of rotatable bonds is 4. The van der Waals surface area contributed by atoms with Gasteiger partial charge in [0.2, 0.25) is 0 Å². The Hall–Kier alpha value is -3.44. The Bertz CT molecular complexity index is 1190. The van der Waals surface area contributed by atoms with E-state index in [1.165, 1.54) is 6.07 Å². The van der Waals surface area contributed by atoms with E-state index in [4.69, 9.17) is 16.3 Å². The molecule has 0 saturated carbocycles. The summed E-state index contributed by atoms with van der Waals surface area (Å²) in [5.41, 5.74) is 3.53. The molecule has 5 nitrogen and oxygen atoms in total. The maximum absolute atomic E-state index is 12.8. The Morgan fingerprint density at radius 3 is 2.07 bits per heavy atom. The zero-order valence-electron chi connectivity index (χ0n) is 16.4. The summed E-state index contributed by atoms with van der Waals surface area (Å²) < 4.78 is 5.56. The summed E-state index contributed by atoms with van der Waals surface area (Å²) in [7, 11) is 0. The third-order valence-electron chi connectivity index (χ3n) is 4.99. The normalized spacial score (nSPS) is 12.2. The number of nitrogens with one attached hydrogen (secondary N) is 1. The summed E-state index contributed by atoms with van der Waals surface area (Å²) in [5.74, 6) is -0.267. The van der Waals surface area contributed by atoms with Crippen LogP contribution < -0.4 is 10.1 Å². The van der Waals surface area contributed by atoms with Gasteiger partial charge >= 0.3 is 0 Å². The predicted octanol–water partition coefficient (Wildman–Crippen LogP) is 4.75. The van der Waals surface area contributed by atoms with Gasteiger partial charge in [0, 0.05) is 33.0 Å². The second kappa shape index (κ2) is 7.76. The van der Waals surface area contributed by atoms with Crippen LogP contribution in [0.5, 0.6) is 5.75 Å². The summed E-state index contributed by atoms with van der Waals surface area (Å²) in [6, 6.07) is 15.0. The Morgan fingerprint density at radius 2 is 1.43 bits per heavy atom. The van der Waals surface area contributed by atoms with Crippen LogP contribution in [-0.2, 0) is 4.79 Å². The summed E-state index contributed by atoms with van der Waals surface area (Å²) in [6.07, 6.45) is 0. The number of fused-ring (bicyclic) bond motifs is 2. The molecule has 0 radical (unpaired) electrons. The molecule has 1 aliphatic carbocycles. The van der Waals surface area contributed by atoms with Crippen LogP contribution in [0.4, 0.5) is 5.69 Å². The van der Waals surface area contributed by atoms with E-state index in [1.807, 2.05) is 13.8 Å². The largest absolute Gasteiger partial charge is 0.484 e. The molecule has 1 aliphatic rings. The SMILES string of the molecule is Cc1cc(OCC(=O)Nc2ccc3c(c2)C(=O)c2ccccc2C3=O)cc(C)c1Cl. The highest BCUT2D eigenvalue weighted by Gasteiger charge is 2.29. The Labute approximate surface area is 178 Å². The van der Waals surface area contributed by atoms with E-state index in [1.54, 1.807) is 48.5 Å². The number of ketones is 2. The lowest BCUT2D eigenvalue weighted by atomic mass is 9.84. The molecule has 0 spiro atoms. The molecule has 1 N–H and O–H groups in total. The van der Waals surface area contributed by atoms with Crippen molar-refractivity contribution in [1.29, 1.82) is 0 Å². The average Bonchev–Trinajstić information content (AvgIpc) is 2.74. The highest BCUT2D eigenvalue weighted by Crippen LogP contribution is 2.29. The van der Waals surface area contributed by atoms with Crippen LogP contribution >= 0.6 is 11.6 Å². The van der Waals surface area contributed by atoms with Crippen LogP contribution in [0.2, 0.25) is 5.02 Å². The summed E-state index contributed by atoms with van der Waals surface area (Å²) in [6.45, 7) is 3.53. The number of aryl methyl sites for hydroxylation is 2. The Kier molecular flexibility index (Phi) is 5.14. The van der Waals surface area contributed by atoms with Gasteiger partial charge in [-0.2, -0.15) is 0 Å². The van der Waals surface area contributed by atoms with E-state index in [-0.39, 0.29) is 29.6 Å². The lowest BCUT2D eigenvalue weighted by Gasteiger charge is -2.18. The quantitative estimate of drug-likeness (QED) is 0.518. The fraction of sp³-hybridized carbons (Fsp3) is 0.125. The monoisotopic (exact) mass is 419 g/mol. The summed E-state index contributed by atoms with van der Waals surface area (Å²) in [5, 5.41) is 3.38.